The third-order valence-electron chi connectivity index (χ3n) is 4.62. The number of carbonyl (C=O) groups excluding carboxylic acids is 1. The fourth-order valence-corrected chi connectivity index (χ4v) is 3.47. The Morgan fingerprint density at radius 3 is 2.81 bits per heavy atom. The van der Waals surface area contributed by atoms with Crippen LogP contribution < -0.4 is 5.32 Å². The van der Waals surface area contributed by atoms with Crippen LogP contribution in [0.3, 0.4) is 0 Å². The van der Waals surface area contributed by atoms with Gasteiger partial charge in [-0.3, -0.25) is 14.3 Å². The lowest BCUT2D eigenvalue weighted by atomic mass is 9.85. The number of aromatic nitrogens is 2. The third kappa shape index (κ3) is 3.43. The molecule has 0 aromatic carbocycles. The molecule has 1 aromatic heterocycles. The second kappa shape index (κ2) is 5.87. The van der Waals surface area contributed by atoms with Gasteiger partial charge in [0.15, 0.2) is 5.82 Å². The normalized spacial score (nSPS) is 25.5. The van der Waals surface area contributed by atoms with Crippen molar-refractivity contribution in [2.24, 2.45) is 17.8 Å². The maximum Gasteiger partial charge on any atom is 0.325 e. The highest BCUT2D eigenvalue weighted by Gasteiger charge is 2.47. The number of carbonyl (C=O) groups is 2. The third-order valence-corrected chi connectivity index (χ3v) is 4.62. The predicted octanol–water partition coefficient (Wildman–Crippen LogP) is 2.12. The summed E-state index contributed by atoms with van der Waals surface area (Å²) in [5.74, 6) is 0.917. The smallest absolute Gasteiger partial charge is 0.325 e. The molecule has 2 atom stereocenters. The fourth-order valence-electron chi connectivity index (χ4n) is 3.47. The van der Waals surface area contributed by atoms with Gasteiger partial charge in [0.25, 0.3) is 0 Å². The molecule has 0 saturated heterocycles. The molecule has 114 valence electrons. The Hall–Kier alpha value is -1.85. The topological polar surface area (TPSA) is 84.2 Å². The minimum Gasteiger partial charge on any atom is -0.480 e. The van der Waals surface area contributed by atoms with Gasteiger partial charge in [0.05, 0.1) is 0 Å². The van der Waals surface area contributed by atoms with E-state index in [2.05, 4.69) is 10.4 Å². The maximum atomic E-state index is 12.2. The summed E-state index contributed by atoms with van der Waals surface area (Å²) in [5, 5.41) is 15.5. The van der Waals surface area contributed by atoms with E-state index in [-0.39, 0.29) is 18.4 Å². The zero-order chi connectivity index (χ0) is 14.8. The second-order valence-electron chi connectivity index (χ2n) is 6.19. The van der Waals surface area contributed by atoms with Gasteiger partial charge in [0.1, 0.15) is 6.54 Å². The number of amides is 1. The molecule has 6 heteroatoms. The van der Waals surface area contributed by atoms with E-state index >= 15 is 0 Å². The zero-order valence-electron chi connectivity index (χ0n) is 12.0. The Bertz CT molecular complexity index is 534. The van der Waals surface area contributed by atoms with Crippen LogP contribution in [0, 0.1) is 17.8 Å². The van der Waals surface area contributed by atoms with Crippen molar-refractivity contribution < 1.29 is 14.7 Å². The molecule has 0 spiro atoms. The summed E-state index contributed by atoms with van der Waals surface area (Å²) < 4.78 is 1.31. The Morgan fingerprint density at radius 2 is 2.10 bits per heavy atom. The number of carboxylic acid groups (broad SMARTS) is 1. The standard InChI is InChI=1S/C15H21N3O3/c19-14(20)9-18-7-6-13(17-18)16-15(21)12-8-11(12)10-4-2-1-3-5-10/h6-7,10-12H,1-5,8-9H2,(H,19,20)(H,16,17,21). The Labute approximate surface area is 123 Å². The van der Waals surface area contributed by atoms with Crippen molar-refractivity contribution in [1.29, 1.82) is 0 Å². The first-order valence-electron chi connectivity index (χ1n) is 7.69. The number of carboxylic acids is 1. The first-order valence-corrected chi connectivity index (χ1v) is 7.69. The van der Waals surface area contributed by atoms with Gasteiger partial charge < -0.3 is 10.4 Å². The first-order chi connectivity index (χ1) is 10.1. The molecule has 2 unspecified atom stereocenters. The van der Waals surface area contributed by atoms with E-state index in [9.17, 15) is 9.59 Å². The van der Waals surface area contributed by atoms with Crippen LogP contribution in [0.5, 0.6) is 0 Å². The Morgan fingerprint density at radius 1 is 1.33 bits per heavy atom. The highest BCUT2D eigenvalue weighted by Crippen LogP contribution is 2.49. The minimum absolute atomic E-state index is 0.0335. The van der Waals surface area contributed by atoms with Crippen LogP contribution in [-0.2, 0) is 16.1 Å². The predicted molar refractivity (Wildman–Crippen MR) is 76.7 cm³/mol. The van der Waals surface area contributed by atoms with Crippen LogP contribution in [0.25, 0.3) is 0 Å². The molecule has 2 aliphatic rings. The van der Waals surface area contributed by atoms with Gasteiger partial charge in [0, 0.05) is 18.2 Å². The minimum atomic E-state index is -0.949. The van der Waals surface area contributed by atoms with Crippen LogP contribution in [0.4, 0.5) is 5.82 Å². The summed E-state index contributed by atoms with van der Waals surface area (Å²) in [6.45, 7) is -0.190. The highest BCUT2D eigenvalue weighted by atomic mass is 16.4. The van der Waals surface area contributed by atoms with Crippen LogP contribution >= 0.6 is 0 Å². The van der Waals surface area contributed by atoms with Crippen molar-refractivity contribution >= 4 is 17.7 Å². The van der Waals surface area contributed by atoms with Crippen molar-refractivity contribution in [2.45, 2.75) is 45.1 Å². The van der Waals surface area contributed by atoms with Gasteiger partial charge >= 0.3 is 5.97 Å². The van der Waals surface area contributed by atoms with Crippen molar-refractivity contribution in [3.8, 4) is 0 Å². The summed E-state index contributed by atoms with van der Waals surface area (Å²) in [4.78, 5) is 22.8. The van der Waals surface area contributed by atoms with Crippen molar-refractivity contribution in [3.63, 3.8) is 0 Å². The number of nitrogens with zero attached hydrogens (tertiary/aromatic N) is 2. The summed E-state index contributed by atoms with van der Waals surface area (Å²) in [5.41, 5.74) is 0. The first kappa shape index (κ1) is 14.1. The van der Waals surface area contributed by atoms with E-state index in [0.29, 0.717) is 11.7 Å². The molecule has 2 saturated carbocycles. The molecule has 1 aromatic rings. The van der Waals surface area contributed by atoms with E-state index in [4.69, 9.17) is 5.11 Å². The van der Waals surface area contributed by atoms with E-state index in [1.165, 1.54) is 36.8 Å². The van der Waals surface area contributed by atoms with Crippen molar-refractivity contribution in [1.82, 2.24) is 9.78 Å². The molecule has 2 N–H and O–H groups in total. The van der Waals surface area contributed by atoms with E-state index in [1.54, 1.807) is 12.3 Å². The molecule has 0 radical (unpaired) electrons. The molecular formula is C15H21N3O3. The number of anilines is 1. The van der Waals surface area contributed by atoms with Gasteiger partial charge in [0.2, 0.25) is 5.91 Å². The molecule has 21 heavy (non-hydrogen) atoms. The van der Waals surface area contributed by atoms with Gasteiger partial charge in [-0.15, -0.1) is 0 Å². The molecule has 2 aliphatic carbocycles. The quantitative estimate of drug-likeness (QED) is 0.870. The fraction of sp³-hybridized carbons (Fsp3) is 0.667. The van der Waals surface area contributed by atoms with Crippen LogP contribution in [-0.4, -0.2) is 26.8 Å². The van der Waals surface area contributed by atoms with Gasteiger partial charge in [-0.25, -0.2) is 0 Å². The summed E-state index contributed by atoms with van der Waals surface area (Å²) >= 11 is 0. The molecule has 0 aliphatic heterocycles. The monoisotopic (exact) mass is 291 g/mol. The average Bonchev–Trinajstić information content (AvgIpc) is 3.16. The van der Waals surface area contributed by atoms with E-state index in [1.807, 2.05) is 0 Å². The van der Waals surface area contributed by atoms with Crippen molar-refractivity contribution in [2.75, 3.05) is 5.32 Å². The number of aliphatic carboxylic acids is 1. The average molecular weight is 291 g/mol. The van der Waals surface area contributed by atoms with Gasteiger partial charge in [-0.05, 0) is 18.3 Å². The largest absolute Gasteiger partial charge is 0.480 e. The van der Waals surface area contributed by atoms with Crippen LogP contribution in [0.15, 0.2) is 12.3 Å². The zero-order valence-corrected chi connectivity index (χ0v) is 12.0. The van der Waals surface area contributed by atoms with E-state index < -0.39 is 5.97 Å². The lowest BCUT2D eigenvalue weighted by Gasteiger charge is -2.21. The number of nitrogens with one attached hydrogen (secondary N) is 1. The molecule has 2 fully saturated rings. The molecule has 6 nitrogen and oxygen atoms in total. The number of hydrogen-bond donors (Lipinski definition) is 2. The molecule has 1 amide bonds. The van der Waals surface area contributed by atoms with Gasteiger partial charge in [-0.2, -0.15) is 5.10 Å². The Balaban J connectivity index is 1.50. The van der Waals surface area contributed by atoms with Crippen molar-refractivity contribution in [3.05, 3.63) is 12.3 Å². The van der Waals surface area contributed by atoms with E-state index in [0.717, 1.165) is 12.3 Å². The Kier molecular flexibility index (Phi) is 3.94. The SMILES string of the molecule is O=C(O)Cn1ccc(NC(=O)C2CC2C2CCCCC2)n1. The molecular weight excluding hydrogens is 270 g/mol. The summed E-state index contributed by atoms with van der Waals surface area (Å²) in [6, 6.07) is 1.64. The summed E-state index contributed by atoms with van der Waals surface area (Å²) in [7, 11) is 0. The number of hydrogen-bond acceptors (Lipinski definition) is 3. The van der Waals surface area contributed by atoms with Crippen LogP contribution in [0.1, 0.15) is 38.5 Å². The highest BCUT2D eigenvalue weighted by molar-refractivity contribution is 5.93. The van der Waals surface area contributed by atoms with Gasteiger partial charge in [-0.1, -0.05) is 32.1 Å². The lowest BCUT2D eigenvalue weighted by Crippen LogP contribution is -2.18. The molecule has 0 bridgehead atoms. The number of rotatable bonds is 5. The lowest BCUT2D eigenvalue weighted by molar-refractivity contribution is -0.137. The molecule has 3 rings (SSSR count). The molecule has 1 heterocycles. The second-order valence-corrected chi connectivity index (χ2v) is 6.19. The van der Waals surface area contributed by atoms with Crippen LogP contribution in [0.2, 0.25) is 0 Å². The summed E-state index contributed by atoms with van der Waals surface area (Å²) in [6.07, 6.45) is 9.02. The maximum absolute atomic E-state index is 12.2.